The molecule has 1 heterocycles. The predicted molar refractivity (Wildman–Crippen MR) is 77.5 cm³/mol. The van der Waals surface area contributed by atoms with Crippen LogP contribution in [-0.2, 0) is 4.79 Å². The molecule has 0 aliphatic carbocycles. The molecule has 2 rings (SSSR count). The molecule has 1 aromatic heterocycles. The van der Waals surface area contributed by atoms with Crippen molar-refractivity contribution in [1.82, 2.24) is 10.2 Å². The zero-order valence-electron chi connectivity index (χ0n) is 9.62. The summed E-state index contributed by atoms with van der Waals surface area (Å²) in [5.41, 5.74) is 2.48. The van der Waals surface area contributed by atoms with Gasteiger partial charge in [0.2, 0.25) is 5.91 Å². The van der Waals surface area contributed by atoms with Gasteiger partial charge in [-0.3, -0.25) is 4.79 Å². The summed E-state index contributed by atoms with van der Waals surface area (Å²) in [5.74, 6) is 0.312. The number of carbonyl (C=O) groups is 1. The number of anilines is 1. The van der Waals surface area contributed by atoms with Crippen LogP contribution in [0.3, 0.4) is 0 Å². The highest BCUT2D eigenvalue weighted by Crippen LogP contribution is 2.21. The summed E-state index contributed by atoms with van der Waals surface area (Å²) < 4.78 is 0.808. The molecule has 0 saturated heterocycles. The van der Waals surface area contributed by atoms with Crippen molar-refractivity contribution in [1.29, 1.82) is 0 Å². The SMILES string of the molecule is CSc1cccc(NC(=O)CSc2nncs2)c1. The molecule has 1 N–H and O–H groups in total. The van der Waals surface area contributed by atoms with E-state index in [2.05, 4.69) is 15.5 Å². The van der Waals surface area contributed by atoms with E-state index in [1.165, 1.54) is 23.1 Å². The largest absolute Gasteiger partial charge is 0.325 e. The van der Waals surface area contributed by atoms with Crippen LogP contribution in [0.5, 0.6) is 0 Å². The maximum Gasteiger partial charge on any atom is 0.234 e. The molecule has 0 aliphatic rings. The van der Waals surface area contributed by atoms with Gasteiger partial charge in [-0.25, -0.2) is 0 Å². The molecule has 7 heteroatoms. The number of benzene rings is 1. The number of nitrogens with zero attached hydrogens (tertiary/aromatic N) is 2. The number of rotatable bonds is 5. The lowest BCUT2D eigenvalue weighted by Gasteiger charge is -2.05. The summed E-state index contributed by atoms with van der Waals surface area (Å²) in [6, 6.07) is 7.78. The van der Waals surface area contributed by atoms with Crippen LogP contribution in [-0.4, -0.2) is 28.1 Å². The quantitative estimate of drug-likeness (QED) is 0.860. The molecule has 0 atom stereocenters. The summed E-state index contributed by atoms with van der Waals surface area (Å²) in [6.07, 6.45) is 2.01. The molecular weight excluding hydrogens is 286 g/mol. The van der Waals surface area contributed by atoms with Gasteiger partial charge in [0.15, 0.2) is 4.34 Å². The van der Waals surface area contributed by atoms with Gasteiger partial charge in [0.25, 0.3) is 0 Å². The fourth-order valence-electron chi connectivity index (χ4n) is 1.25. The molecule has 1 aromatic carbocycles. The molecular formula is C11H11N3OS3. The first-order valence-corrected chi connectivity index (χ1v) is 8.20. The molecule has 18 heavy (non-hydrogen) atoms. The van der Waals surface area contributed by atoms with Gasteiger partial charge < -0.3 is 5.32 Å². The van der Waals surface area contributed by atoms with Gasteiger partial charge >= 0.3 is 0 Å². The van der Waals surface area contributed by atoms with Gasteiger partial charge in [-0.05, 0) is 24.5 Å². The van der Waals surface area contributed by atoms with Crippen LogP contribution < -0.4 is 5.32 Å². The second-order valence-electron chi connectivity index (χ2n) is 3.27. The number of hydrogen-bond donors (Lipinski definition) is 1. The third-order valence-corrected chi connectivity index (χ3v) is 4.61. The molecule has 2 aromatic rings. The van der Waals surface area contributed by atoms with E-state index in [0.717, 1.165) is 14.9 Å². The van der Waals surface area contributed by atoms with Crippen LogP contribution in [0.1, 0.15) is 0 Å². The summed E-state index contributed by atoms with van der Waals surface area (Å²) >= 11 is 4.48. The topological polar surface area (TPSA) is 54.9 Å². The third-order valence-electron chi connectivity index (χ3n) is 2.02. The zero-order valence-corrected chi connectivity index (χ0v) is 12.1. The first kappa shape index (κ1) is 13.4. The Morgan fingerprint density at radius 1 is 1.50 bits per heavy atom. The normalized spacial score (nSPS) is 10.3. The first-order valence-electron chi connectivity index (χ1n) is 5.11. The minimum Gasteiger partial charge on any atom is -0.325 e. The molecule has 0 spiro atoms. The number of nitrogens with one attached hydrogen (secondary N) is 1. The summed E-state index contributed by atoms with van der Waals surface area (Å²) in [6.45, 7) is 0. The molecule has 0 aliphatic heterocycles. The Morgan fingerprint density at radius 2 is 2.39 bits per heavy atom. The molecule has 94 valence electrons. The molecule has 0 saturated carbocycles. The maximum atomic E-state index is 11.7. The summed E-state index contributed by atoms with van der Waals surface area (Å²) in [4.78, 5) is 12.9. The predicted octanol–water partition coefficient (Wildman–Crippen LogP) is 2.99. The number of carbonyl (C=O) groups excluding carboxylic acids is 1. The van der Waals surface area contributed by atoms with Crippen molar-refractivity contribution < 1.29 is 4.79 Å². The highest BCUT2D eigenvalue weighted by Gasteiger charge is 2.05. The monoisotopic (exact) mass is 297 g/mol. The molecule has 0 fully saturated rings. The van der Waals surface area contributed by atoms with Gasteiger partial charge in [0.1, 0.15) is 5.51 Å². The smallest absolute Gasteiger partial charge is 0.234 e. The zero-order chi connectivity index (χ0) is 12.8. The van der Waals surface area contributed by atoms with E-state index in [0.29, 0.717) is 5.75 Å². The van der Waals surface area contributed by atoms with E-state index in [1.807, 2.05) is 30.5 Å². The average Bonchev–Trinajstić information content (AvgIpc) is 2.90. The van der Waals surface area contributed by atoms with Gasteiger partial charge in [-0.15, -0.1) is 22.0 Å². The van der Waals surface area contributed by atoms with E-state index >= 15 is 0 Å². The second kappa shape index (κ2) is 6.77. The molecule has 0 radical (unpaired) electrons. The molecule has 1 amide bonds. The van der Waals surface area contributed by atoms with Crippen molar-refractivity contribution in [3.05, 3.63) is 29.8 Å². The van der Waals surface area contributed by atoms with Crippen LogP contribution in [0.4, 0.5) is 5.69 Å². The van der Waals surface area contributed by atoms with Crippen LogP contribution >= 0.6 is 34.9 Å². The Morgan fingerprint density at radius 3 is 3.11 bits per heavy atom. The lowest BCUT2D eigenvalue weighted by atomic mass is 10.3. The van der Waals surface area contributed by atoms with E-state index < -0.39 is 0 Å². The van der Waals surface area contributed by atoms with Crippen molar-refractivity contribution in [2.75, 3.05) is 17.3 Å². The van der Waals surface area contributed by atoms with E-state index in [9.17, 15) is 4.79 Å². The number of thioether (sulfide) groups is 2. The molecule has 4 nitrogen and oxygen atoms in total. The van der Waals surface area contributed by atoms with E-state index in [1.54, 1.807) is 17.3 Å². The van der Waals surface area contributed by atoms with E-state index in [4.69, 9.17) is 0 Å². The van der Waals surface area contributed by atoms with Crippen molar-refractivity contribution >= 4 is 46.5 Å². The van der Waals surface area contributed by atoms with Crippen LogP contribution in [0.2, 0.25) is 0 Å². The van der Waals surface area contributed by atoms with Crippen LogP contribution in [0.25, 0.3) is 0 Å². The van der Waals surface area contributed by atoms with Gasteiger partial charge in [0, 0.05) is 10.6 Å². The maximum absolute atomic E-state index is 11.7. The Balaban J connectivity index is 1.86. The standard InChI is InChI=1S/C11H11N3OS3/c1-16-9-4-2-3-8(5-9)13-10(15)6-17-11-14-12-7-18-11/h2-5,7H,6H2,1H3,(H,13,15). The number of hydrogen-bond acceptors (Lipinski definition) is 6. The van der Waals surface area contributed by atoms with Crippen LogP contribution in [0, 0.1) is 0 Å². The fraction of sp³-hybridized carbons (Fsp3) is 0.182. The second-order valence-corrected chi connectivity index (χ2v) is 6.21. The Hall–Kier alpha value is -1.05. The lowest BCUT2D eigenvalue weighted by molar-refractivity contribution is -0.113. The van der Waals surface area contributed by atoms with Crippen molar-refractivity contribution in [3.8, 4) is 0 Å². The van der Waals surface area contributed by atoms with Crippen LogP contribution in [0.15, 0.2) is 39.0 Å². The van der Waals surface area contributed by atoms with E-state index in [-0.39, 0.29) is 5.91 Å². The number of amides is 1. The van der Waals surface area contributed by atoms with Gasteiger partial charge in [-0.2, -0.15) is 0 Å². The average molecular weight is 297 g/mol. The lowest BCUT2D eigenvalue weighted by Crippen LogP contribution is -2.13. The number of aromatic nitrogens is 2. The highest BCUT2D eigenvalue weighted by atomic mass is 32.2. The van der Waals surface area contributed by atoms with Crippen molar-refractivity contribution in [2.45, 2.75) is 9.24 Å². The fourth-order valence-corrected chi connectivity index (χ4v) is 3.00. The Labute approximate surface area is 118 Å². The minimum absolute atomic E-state index is 0.0338. The minimum atomic E-state index is -0.0338. The first-order chi connectivity index (χ1) is 8.78. The van der Waals surface area contributed by atoms with Crippen molar-refractivity contribution in [2.24, 2.45) is 0 Å². The third kappa shape index (κ3) is 4.01. The van der Waals surface area contributed by atoms with Crippen molar-refractivity contribution in [3.63, 3.8) is 0 Å². The van der Waals surface area contributed by atoms with Gasteiger partial charge in [-0.1, -0.05) is 29.2 Å². The Bertz CT molecular complexity index is 516. The summed E-state index contributed by atoms with van der Waals surface area (Å²) in [7, 11) is 0. The Kier molecular flexibility index (Phi) is 5.03. The highest BCUT2D eigenvalue weighted by molar-refractivity contribution is 8.01. The molecule has 0 unspecified atom stereocenters. The van der Waals surface area contributed by atoms with Gasteiger partial charge in [0.05, 0.1) is 5.75 Å². The molecule has 0 bridgehead atoms. The summed E-state index contributed by atoms with van der Waals surface area (Å²) in [5, 5.41) is 10.5.